The van der Waals surface area contributed by atoms with Crippen molar-refractivity contribution in [2.75, 3.05) is 7.11 Å². The van der Waals surface area contributed by atoms with Gasteiger partial charge >= 0.3 is 0 Å². The van der Waals surface area contributed by atoms with Crippen LogP contribution in [0.4, 0.5) is 0 Å². The largest absolute Gasteiger partial charge is 0.497 e. The van der Waals surface area contributed by atoms with Crippen LogP contribution < -0.4 is 14.8 Å². The van der Waals surface area contributed by atoms with Crippen LogP contribution in [-0.2, 0) is 4.79 Å². The molecule has 1 amide bonds. The lowest BCUT2D eigenvalue weighted by Crippen LogP contribution is -2.19. The molecule has 1 fully saturated rings. The summed E-state index contributed by atoms with van der Waals surface area (Å²) in [5.41, 5.74) is 3.97. The maximum absolute atomic E-state index is 12.5. The molecule has 2 aliphatic heterocycles. The highest BCUT2D eigenvalue weighted by Crippen LogP contribution is 2.47. The molecule has 0 radical (unpaired) electrons. The standard InChI is InChI=1S/C26H19NO3S2/c1-29-18-13-11-17(12-14-18)24-20(15-22-25(28)27-26(31)32-22)23(16-7-3-2-4-8-16)19-9-5-6-10-21(19)30-24/h2-15,23H,1H3,(H,27,28,31). The van der Waals surface area contributed by atoms with Crippen LogP contribution in [0.5, 0.6) is 11.5 Å². The Hall–Kier alpha value is -3.35. The molecular formula is C26H19NO3S2. The molecule has 0 saturated carbocycles. The van der Waals surface area contributed by atoms with Gasteiger partial charge in [0.2, 0.25) is 0 Å². The van der Waals surface area contributed by atoms with Crippen LogP contribution in [0.25, 0.3) is 5.76 Å². The second kappa shape index (κ2) is 8.65. The van der Waals surface area contributed by atoms with Crippen LogP contribution in [0.2, 0.25) is 0 Å². The van der Waals surface area contributed by atoms with Gasteiger partial charge in [0.15, 0.2) is 0 Å². The van der Waals surface area contributed by atoms with Gasteiger partial charge < -0.3 is 14.8 Å². The van der Waals surface area contributed by atoms with E-state index in [0.29, 0.717) is 15.0 Å². The van der Waals surface area contributed by atoms with Crippen LogP contribution in [0.15, 0.2) is 95.4 Å². The van der Waals surface area contributed by atoms with Gasteiger partial charge in [0, 0.05) is 22.6 Å². The summed E-state index contributed by atoms with van der Waals surface area (Å²) < 4.78 is 12.2. The van der Waals surface area contributed by atoms with Crippen molar-refractivity contribution >= 4 is 40.0 Å². The number of fused-ring (bicyclic) bond motifs is 1. The zero-order valence-electron chi connectivity index (χ0n) is 17.2. The molecule has 1 N–H and O–H groups in total. The number of thioether (sulfide) groups is 1. The summed E-state index contributed by atoms with van der Waals surface area (Å²) in [5.74, 6) is 1.98. The van der Waals surface area contributed by atoms with Crippen molar-refractivity contribution in [1.82, 2.24) is 5.32 Å². The summed E-state index contributed by atoms with van der Waals surface area (Å²) in [6.07, 6.45) is 1.91. The van der Waals surface area contributed by atoms with Crippen LogP contribution in [0.3, 0.4) is 0 Å². The molecule has 0 spiro atoms. The Bertz CT molecular complexity index is 1260. The lowest BCUT2D eigenvalue weighted by molar-refractivity contribution is -0.115. The van der Waals surface area contributed by atoms with Crippen molar-refractivity contribution in [1.29, 1.82) is 0 Å². The molecule has 5 rings (SSSR count). The predicted octanol–water partition coefficient (Wildman–Crippen LogP) is 5.66. The summed E-state index contributed by atoms with van der Waals surface area (Å²) in [5, 5.41) is 2.71. The van der Waals surface area contributed by atoms with E-state index in [0.717, 1.165) is 33.8 Å². The summed E-state index contributed by atoms with van der Waals surface area (Å²) in [6.45, 7) is 0. The maximum Gasteiger partial charge on any atom is 0.263 e. The average molecular weight is 458 g/mol. The first-order valence-electron chi connectivity index (χ1n) is 10.1. The van der Waals surface area contributed by atoms with Crippen molar-refractivity contribution in [3.63, 3.8) is 0 Å². The molecule has 1 saturated heterocycles. The molecule has 0 aliphatic carbocycles. The number of para-hydroxylation sites is 1. The van der Waals surface area contributed by atoms with E-state index in [1.165, 1.54) is 11.8 Å². The minimum Gasteiger partial charge on any atom is -0.497 e. The van der Waals surface area contributed by atoms with E-state index in [1.807, 2.05) is 66.7 Å². The highest BCUT2D eigenvalue weighted by atomic mass is 32.2. The molecule has 1 atom stereocenters. The third kappa shape index (κ3) is 3.83. The number of carbonyl (C=O) groups is 1. The number of rotatable bonds is 4. The summed E-state index contributed by atoms with van der Waals surface area (Å²) >= 11 is 6.48. The van der Waals surface area contributed by atoms with Crippen molar-refractivity contribution in [2.24, 2.45) is 0 Å². The molecular weight excluding hydrogens is 438 g/mol. The lowest BCUT2D eigenvalue weighted by Gasteiger charge is -2.30. The Balaban J connectivity index is 1.76. The first-order valence-corrected chi connectivity index (χ1v) is 11.3. The monoisotopic (exact) mass is 457 g/mol. The normalized spacial score (nSPS) is 18.9. The van der Waals surface area contributed by atoms with Crippen LogP contribution in [0.1, 0.15) is 22.6 Å². The Morgan fingerprint density at radius 3 is 2.41 bits per heavy atom. The van der Waals surface area contributed by atoms with E-state index in [9.17, 15) is 4.79 Å². The Kier molecular flexibility index (Phi) is 5.55. The molecule has 32 heavy (non-hydrogen) atoms. The zero-order valence-corrected chi connectivity index (χ0v) is 18.8. The minimum absolute atomic E-state index is 0.103. The van der Waals surface area contributed by atoms with Gasteiger partial charge in [0.1, 0.15) is 21.6 Å². The quantitative estimate of drug-likeness (QED) is 0.405. The molecule has 3 aromatic rings. The number of allylic oxidation sites excluding steroid dienone is 2. The van der Waals surface area contributed by atoms with E-state index < -0.39 is 0 Å². The lowest BCUT2D eigenvalue weighted by atomic mass is 9.81. The number of ether oxygens (including phenoxy) is 2. The van der Waals surface area contributed by atoms with Gasteiger partial charge in [-0.15, -0.1) is 0 Å². The molecule has 1 unspecified atom stereocenters. The van der Waals surface area contributed by atoms with Crippen molar-refractivity contribution in [2.45, 2.75) is 5.92 Å². The fraction of sp³-hybridized carbons (Fsp3) is 0.0769. The SMILES string of the molecule is COc1ccc(C2=C(C=C3SC(=S)NC3=O)C(c3ccccc3)c3ccccc3O2)cc1. The topological polar surface area (TPSA) is 47.6 Å². The van der Waals surface area contributed by atoms with E-state index in [4.69, 9.17) is 21.7 Å². The van der Waals surface area contributed by atoms with Crippen LogP contribution in [0, 0.1) is 0 Å². The second-order valence-electron chi connectivity index (χ2n) is 7.35. The number of nitrogens with one attached hydrogen (secondary N) is 1. The van der Waals surface area contributed by atoms with Gasteiger partial charge in [-0.3, -0.25) is 4.79 Å². The van der Waals surface area contributed by atoms with E-state index in [1.54, 1.807) is 7.11 Å². The average Bonchev–Trinajstić information content (AvgIpc) is 3.15. The molecule has 6 heteroatoms. The Labute approximate surface area is 195 Å². The van der Waals surface area contributed by atoms with E-state index in [-0.39, 0.29) is 11.8 Å². The molecule has 3 aromatic carbocycles. The molecule has 2 aliphatic rings. The number of benzene rings is 3. The fourth-order valence-corrected chi connectivity index (χ4v) is 5.00. The third-order valence-electron chi connectivity index (χ3n) is 5.43. The maximum atomic E-state index is 12.5. The Morgan fingerprint density at radius 2 is 1.72 bits per heavy atom. The van der Waals surface area contributed by atoms with E-state index >= 15 is 0 Å². The third-order valence-corrected chi connectivity index (χ3v) is 6.59. The number of hydrogen-bond acceptors (Lipinski definition) is 5. The first kappa shape index (κ1) is 20.5. The smallest absolute Gasteiger partial charge is 0.263 e. The number of carbonyl (C=O) groups excluding carboxylic acids is 1. The van der Waals surface area contributed by atoms with Gasteiger partial charge in [-0.05, 0) is 42.0 Å². The number of thiocarbonyl (C=S) groups is 1. The van der Waals surface area contributed by atoms with Gasteiger partial charge in [-0.2, -0.15) is 0 Å². The second-order valence-corrected chi connectivity index (χ2v) is 9.07. The molecule has 158 valence electrons. The van der Waals surface area contributed by atoms with Gasteiger partial charge in [-0.25, -0.2) is 0 Å². The van der Waals surface area contributed by atoms with Crippen LogP contribution in [-0.4, -0.2) is 17.3 Å². The molecule has 0 aromatic heterocycles. The minimum atomic E-state index is -0.188. The zero-order chi connectivity index (χ0) is 22.1. The summed E-state index contributed by atoms with van der Waals surface area (Å²) in [6, 6.07) is 26.0. The molecule has 4 nitrogen and oxygen atoms in total. The summed E-state index contributed by atoms with van der Waals surface area (Å²) in [4.78, 5) is 13.1. The molecule has 2 heterocycles. The van der Waals surface area contributed by atoms with Crippen molar-refractivity contribution < 1.29 is 14.3 Å². The van der Waals surface area contributed by atoms with Gasteiger partial charge in [0.05, 0.1) is 12.0 Å². The number of methoxy groups -OCH3 is 1. The first-order chi connectivity index (χ1) is 15.6. The predicted molar refractivity (Wildman–Crippen MR) is 132 cm³/mol. The van der Waals surface area contributed by atoms with Gasteiger partial charge in [-0.1, -0.05) is 72.5 Å². The highest BCUT2D eigenvalue weighted by molar-refractivity contribution is 8.26. The fourth-order valence-electron chi connectivity index (χ4n) is 3.96. The van der Waals surface area contributed by atoms with Crippen molar-refractivity contribution in [3.05, 3.63) is 112 Å². The van der Waals surface area contributed by atoms with Crippen molar-refractivity contribution in [3.8, 4) is 11.5 Å². The number of hydrogen-bond donors (Lipinski definition) is 1. The Morgan fingerprint density at radius 1 is 1.00 bits per heavy atom. The van der Waals surface area contributed by atoms with Gasteiger partial charge in [0.25, 0.3) is 5.91 Å². The van der Waals surface area contributed by atoms with Crippen LogP contribution >= 0.6 is 24.0 Å². The molecule has 0 bridgehead atoms. The van der Waals surface area contributed by atoms with E-state index in [2.05, 4.69) is 23.5 Å². The highest BCUT2D eigenvalue weighted by Gasteiger charge is 2.32. The number of amides is 1. The summed E-state index contributed by atoms with van der Waals surface area (Å²) in [7, 11) is 1.64.